The normalized spacial score (nSPS) is 11.4. The van der Waals surface area contributed by atoms with Crippen molar-refractivity contribution >= 4 is 11.8 Å². The average Bonchev–Trinajstić information content (AvgIpc) is 2.36. The van der Waals surface area contributed by atoms with Gasteiger partial charge >= 0.3 is 18.3 Å². The molecule has 0 unspecified atom stereocenters. The van der Waals surface area contributed by atoms with Gasteiger partial charge in [0.05, 0.1) is 26.0 Å². The number of ether oxygens (including phenoxy) is 1. The van der Waals surface area contributed by atoms with E-state index in [9.17, 15) is 22.4 Å². The van der Waals surface area contributed by atoms with Crippen molar-refractivity contribution in [3.8, 4) is 0 Å². The van der Waals surface area contributed by atoms with Gasteiger partial charge in [-0.1, -0.05) is 0 Å². The van der Waals surface area contributed by atoms with E-state index in [1.807, 2.05) is 5.32 Å². The van der Waals surface area contributed by atoms with Gasteiger partial charge in [-0.15, -0.1) is 0 Å². The van der Waals surface area contributed by atoms with Gasteiger partial charge in [0.1, 0.15) is 5.82 Å². The highest BCUT2D eigenvalue weighted by Gasteiger charge is 2.40. The molecule has 0 saturated carbocycles. The number of carbonyl (C=O) groups excluding carboxylic acids is 1. The van der Waals surface area contributed by atoms with Gasteiger partial charge in [0, 0.05) is 0 Å². The van der Waals surface area contributed by atoms with Crippen LogP contribution in [0.3, 0.4) is 0 Å². The highest BCUT2D eigenvalue weighted by atomic mass is 19.3. The fourth-order valence-corrected chi connectivity index (χ4v) is 0.915. The fourth-order valence-electron chi connectivity index (χ4n) is 0.915. The van der Waals surface area contributed by atoms with Crippen molar-refractivity contribution in [2.75, 3.05) is 19.0 Å². The van der Waals surface area contributed by atoms with E-state index in [1.165, 1.54) is 0 Å². The number of hydrogen-bond donors (Lipinski definition) is 1. The summed E-state index contributed by atoms with van der Waals surface area (Å²) in [5.74, 6) is -5.06. The van der Waals surface area contributed by atoms with E-state index in [4.69, 9.17) is 0 Å². The molecule has 0 spiro atoms. The summed E-state index contributed by atoms with van der Waals surface area (Å²) in [6.07, 6.45) is -1.82. The lowest BCUT2D eigenvalue weighted by Crippen LogP contribution is -2.35. The summed E-state index contributed by atoms with van der Waals surface area (Å²) in [7, 11) is 1.14. The van der Waals surface area contributed by atoms with Crippen molar-refractivity contribution in [1.29, 1.82) is 0 Å². The molecule has 0 aliphatic carbocycles. The summed E-state index contributed by atoms with van der Waals surface area (Å²) in [4.78, 5) is 18.1. The van der Waals surface area contributed by atoms with Gasteiger partial charge in [0.15, 0.2) is 5.69 Å². The van der Waals surface area contributed by atoms with Gasteiger partial charge < -0.3 is 10.1 Å². The van der Waals surface area contributed by atoms with E-state index in [0.29, 0.717) is 0 Å². The number of nitrogens with zero attached hydrogens (tertiary/aromatic N) is 2. The minimum Gasteiger partial charge on any atom is -0.464 e. The third-order valence-electron chi connectivity index (χ3n) is 1.87. The number of methoxy groups -OCH3 is 1. The lowest BCUT2D eigenvalue weighted by Gasteiger charge is -2.15. The molecule has 1 rings (SSSR count). The number of aromatic nitrogens is 2. The molecule has 1 heterocycles. The quantitative estimate of drug-likeness (QED) is 0.648. The average molecular weight is 267 g/mol. The summed E-state index contributed by atoms with van der Waals surface area (Å²) in [5, 5.41) is 1.99. The molecule has 5 nitrogen and oxygen atoms in total. The number of rotatable bonds is 5. The van der Waals surface area contributed by atoms with Crippen molar-refractivity contribution < 1.29 is 27.1 Å². The molecule has 0 atom stereocenters. The molecule has 0 aliphatic heterocycles. The number of hydrogen-bond acceptors (Lipinski definition) is 5. The molecule has 0 saturated heterocycles. The molecule has 0 fully saturated rings. The molecule has 0 aromatic carbocycles. The lowest BCUT2D eigenvalue weighted by molar-refractivity contribution is -0.117. The van der Waals surface area contributed by atoms with Crippen LogP contribution in [0.15, 0.2) is 12.4 Å². The molecule has 18 heavy (non-hydrogen) atoms. The standard InChI is InChI=1S/C9H9F4N3O2/c1-18-7(17)5-2-15-6(3-14-5)16-4-9(12,13)8(10)11/h2-3,8H,4H2,1H3,(H,15,16). The van der Waals surface area contributed by atoms with Crippen LogP contribution < -0.4 is 5.32 Å². The van der Waals surface area contributed by atoms with Crippen LogP contribution >= 0.6 is 0 Å². The van der Waals surface area contributed by atoms with Crippen molar-refractivity contribution in [2.24, 2.45) is 0 Å². The molecule has 1 N–H and O–H groups in total. The van der Waals surface area contributed by atoms with E-state index >= 15 is 0 Å². The van der Waals surface area contributed by atoms with Gasteiger partial charge in [0.2, 0.25) is 0 Å². The zero-order valence-corrected chi connectivity index (χ0v) is 9.16. The van der Waals surface area contributed by atoms with Crippen molar-refractivity contribution in [3.05, 3.63) is 18.1 Å². The number of anilines is 1. The van der Waals surface area contributed by atoms with Crippen molar-refractivity contribution in [3.63, 3.8) is 0 Å². The van der Waals surface area contributed by atoms with E-state index in [-0.39, 0.29) is 11.5 Å². The first-order chi connectivity index (χ1) is 8.36. The van der Waals surface area contributed by atoms with Crippen LogP contribution in [0.5, 0.6) is 0 Å². The van der Waals surface area contributed by atoms with Crippen LogP contribution in [-0.4, -0.2) is 41.9 Å². The van der Waals surface area contributed by atoms with Crippen LogP contribution in [0.2, 0.25) is 0 Å². The maximum atomic E-state index is 12.6. The monoisotopic (exact) mass is 267 g/mol. The summed E-state index contributed by atoms with van der Waals surface area (Å²) < 4.78 is 53.1. The second-order valence-electron chi connectivity index (χ2n) is 3.19. The maximum Gasteiger partial charge on any atom is 0.358 e. The van der Waals surface area contributed by atoms with Crippen LogP contribution in [0.25, 0.3) is 0 Å². The molecule has 0 radical (unpaired) electrons. The second-order valence-corrected chi connectivity index (χ2v) is 3.19. The highest BCUT2D eigenvalue weighted by molar-refractivity contribution is 5.86. The Balaban J connectivity index is 2.62. The second kappa shape index (κ2) is 5.61. The topological polar surface area (TPSA) is 64.1 Å². The molecule has 9 heteroatoms. The highest BCUT2D eigenvalue weighted by Crippen LogP contribution is 2.22. The number of carbonyl (C=O) groups is 1. The molecular weight excluding hydrogens is 258 g/mol. The van der Waals surface area contributed by atoms with Crippen LogP contribution in [0, 0.1) is 0 Å². The minimum atomic E-state index is -4.16. The summed E-state index contributed by atoms with van der Waals surface area (Å²) in [6.45, 7) is -1.28. The minimum absolute atomic E-state index is 0.122. The molecule has 0 aliphatic rings. The number of halogens is 4. The number of esters is 1. The van der Waals surface area contributed by atoms with Crippen molar-refractivity contribution in [1.82, 2.24) is 9.97 Å². The van der Waals surface area contributed by atoms with E-state index < -0.39 is 24.9 Å². The Morgan fingerprint density at radius 2 is 2.11 bits per heavy atom. The van der Waals surface area contributed by atoms with E-state index in [1.54, 1.807) is 0 Å². The molecule has 0 bridgehead atoms. The van der Waals surface area contributed by atoms with Gasteiger partial charge in [0.25, 0.3) is 0 Å². The van der Waals surface area contributed by atoms with Crippen LogP contribution in [0.4, 0.5) is 23.4 Å². The third kappa shape index (κ3) is 3.54. The van der Waals surface area contributed by atoms with Gasteiger partial charge in [-0.25, -0.2) is 23.5 Å². The first kappa shape index (κ1) is 14.1. The Kier molecular flexibility index (Phi) is 4.40. The Hall–Kier alpha value is -1.93. The predicted octanol–water partition coefficient (Wildman–Crippen LogP) is 1.58. The molecular formula is C9H9F4N3O2. The smallest absolute Gasteiger partial charge is 0.358 e. The van der Waals surface area contributed by atoms with E-state index in [2.05, 4.69) is 14.7 Å². The Labute approximate surface area is 99.2 Å². The maximum absolute atomic E-state index is 12.6. The van der Waals surface area contributed by atoms with Gasteiger partial charge in [-0.2, -0.15) is 8.78 Å². The molecule has 100 valence electrons. The predicted molar refractivity (Wildman–Crippen MR) is 52.8 cm³/mol. The Bertz CT molecular complexity index is 411. The van der Waals surface area contributed by atoms with E-state index in [0.717, 1.165) is 19.5 Å². The molecule has 0 amide bonds. The summed E-state index contributed by atoms with van der Waals surface area (Å²) in [6, 6.07) is 0. The first-order valence-electron chi connectivity index (χ1n) is 4.67. The Morgan fingerprint density at radius 3 is 2.56 bits per heavy atom. The zero-order valence-electron chi connectivity index (χ0n) is 9.16. The third-order valence-corrected chi connectivity index (χ3v) is 1.87. The Morgan fingerprint density at radius 1 is 1.44 bits per heavy atom. The fraction of sp³-hybridized carbons (Fsp3) is 0.444. The van der Waals surface area contributed by atoms with Crippen LogP contribution in [0.1, 0.15) is 10.5 Å². The lowest BCUT2D eigenvalue weighted by atomic mass is 10.3. The largest absolute Gasteiger partial charge is 0.464 e. The number of alkyl halides is 4. The SMILES string of the molecule is COC(=O)c1cnc(NCC(F)(F)C(F)F)cn1. The summed E-state index contributed by atoms with van der Waals surface area (Å²) in [5.41, 5.74) is -0.122. The van der Waals surface area contributed by atoms with Gasteiger partial charge in [-0.05, 0) is 0 Å². The summed E-state index contributed by atoms with van der Waals surface area (Å²) >= 11 is 0. The van der Waals surface area contributed by atoms with Gasteiger partial charge in [-0.3, -0.25) is 0 Å². The number of nitrogens with one attached hydrogen (secondary N) is 1. The zero-order chi connectivity index (χ0) is 13.8. The van der Waals surface area contributed by atoms with Crippen LogP contribution in [-0.2, 0) is 4.74 Å². The van der Waals surface area contributed by atoms with Crippen molar-refractivity contribution in [2.45, 2.75) is 12.3 Å². The molecule has 1 aromatic rings. The first-order valence-corrected chi connectivity index (χ1v) is 4.67. The molecule has 1 aromatic heterocycles.